The molecule has 3 aromatic rings. The van der Waals surface area contributed by atoms with Gasteiger partial charge in [-0.25, -0.2) is 0 Å². The zero-order chi connectivity index (χ0) is 27.7. The third-order valence-corrected chi connectivity index (χ3v) is 5.54. The number of nitro benzene ring substituents is 1. The maximum atomic E-state index is 12.6. The zero-order valence-electron chi connectivity index (χ0n) is 21.6. The number of ether oxygens (including phenoxy) is 5. The summed E-state index contributed by atoms with van der Waals surface area (Å²) in [6, 6.07) is 12.9. The van der Waals surface area contributed by atoms with E-state index in [9.17, 15) is 14.9 Å². The Bertz CT molecular complexity index is 1360. The Hall–Kier alpha value is -4.99. The van der Waals surface area contributed by atoms with Crippen LogP contribution in [0.25, 0.3) is 12.2 Å². The van der Waals surface area contributed by atoms with Gasteiger partial charge in [0.1, 0.15) is 0 Å². The highest BCUT2D eigenvalue weighted by Gasteiger charge is 2.17. The second kappa shape index (κ2) is 12.8. The van der Waals surface area contributed by atoms with Gasteiger partial charge in [0, 0.05) is 35.7 Å². The number of carbonyl (C=O) groups is 1. The average molecular weight is 521 g/mol. The topological polar surface area (TPSA) is 118 Å². The van der Waals surface area contributed by atoms with Gasteiger partial charge in [0.05, 0.1) is 46.0 Å². The Labute approximate surface area is 220 Å². The van der Waals surface area contributed by atoms with Crippen LogP contribution in [0.2, 0.25) is 0 Å². The van der Waals surface area contributed by atoms with Crippen LogP contribution in [0.5, 0.6) is 28.7 Å². The van der Waals surface area contributed by atoms with Crippen molar-refractivity contribution in [3.63, 3.8) is 0 Å². The van der Waals surface area contributed by atoms with Crippen molar-refractivity contribution in [2.45, 2.75) is 0 Å². The van der Waals surface area contributed by atoms with Gasteiger partial charge >= 0.3 is 0 Å². The summed E-state index contributed by atoms with van der Waals surface area (Å²) in [5.41, 5.74) is 1.81. The third kappa shape index (κ3) is 6.22. The van der Waals surface area contributed by atoms with E-state index in [1.165, 1.54) is 51.8 Å². The summed E-state index contributed by atoms with van der Waals surface area (Å²) < 4.78 is 27.1. The van der Waals surface area contributed by atoms with Gasteiger partial charge in [0.15, 0.2) is 28.8 Å². The molecule has 0 aromatic heterocycles. The predicted molar refractivity (Wildman–Crippen MR) is 145 cm³/mol. The number of nitrogens with one attached hydrogen (secondary N) is 1. The lowest BCUT2D eigenvalue weighted by atomic mass is 10.1. The molecule has 198 valence electrons. The number of carbonyl (C=O) groups excluding carboxylic acids is 1. The number of hydrogen-bond acceptors (Lipinski definition) is 9. The molecule has 0 aliphatic heterocycles. The number of para-hydroxylation sites is 1. The first-order valence-electron chi connectivity index (χ1n) is 11.3. The van der Waals surface area contributed by atoms with Crippen LogP contribution in [0.1, 0.15) is 21.5 Å². The van der Waals surface area contributed by atoms with E-state index < -0.39 is 10.7 Å². The minimum absolute atomic E-state index is 0.00891. The lowest BCUT2D eigenvalue weighted by Crippen LogP contribution is -2.02. The summed E-state index contributed by atoms with van der Waals surface area (Å²) in [7, 11) is 7.66. The van der Waals surface area contributed by atoms with E-state index in [2.05, 4.69) is 5.32 Å². The fourth-order valence-electron chi connectivity index (χ4n) is 3.68. The normalized spacial score (nSPS) is 10.9. The second-order valence-electron chi connectivity index (χ2n) is 7.70. The van der Waals surface area contributed by atoms with Gasteiger partial charge in [-0.15, -0.1) is 0 Å². The molecule has 0 fully saturated rings. The van der Waals surface area contributed by atoms with E-state index in [1.807, 2.05) is 12.2 Å². The number of methoxy groups -OCH3 is 5. The lowest BCUT2D eigenvalue weighted by molar-refractivity contribution is -0.385. The molecule has 0 aliphatic rings. The minimum atomic E-state index is -0.588. The maximum Gasteiger partial charge on any atom is 0.280 e. The summed E-state index contributed by atoms with van der Waals surface area (Å²) in [6.07, 6.45) is 6.32. The van der Waals surface area contributed by atoms with E-state index in [0.29, 0.717) is 40.0 Å². The number of ketones is 1. The molecular weight excluding hydrogens is 492 g/mol. The van der Waals surface area contributed by atoms with Crippen LogP contribution in [0, 0.1) is 10.1 Å². The molecule has 3 aromatic carbocycles. The van der Waals surface area contributed by atoms with E-state index in [-0.39, 0.29) is 11.3 Å². The highest BCUT2D eigenvalue weighted by Crippen LogP contribution is 2.39. The number of hydrogen-bond donors (Lipinski definition) is 1. The van der Waals surface area contributed by atoms with Crippen LogP contribution in [-0.2, 0) is 0 Å². The van der Waals surface area contributed by atoms with Gasteiger partial charge in [-0.05, 0) is 29.8 Å². The van der Waals surface area contributed by atoms with Crippen molar-refractivity contribution in [1.29, 1.82) is 0 Å². The predicted octanol–water partition coefficient (Wildman–Crippen LogP) is 5.62. The fraction of sp³-hybridized carbons (Fsp3) is 0.179. The smallest absolute Gasteiger partial charge is 0.280 e. The maximum absolute atomic E-state index is 12.6. The Morgan fingerprint density at radius 3 is 2.00 bits per heavy atom. The van der Waals surface area contributed by atoms with Crippen LogP contribution in [0.4, 0.5) is 11.4 Å². The van der Waals surface area contributed by atoms with Crippen LogP contribution in [0.3, 0.4) is 0 Å². The molecule has 0 aliphatic carbocycles. The molecular formula is C28H28N2O8. The summed E-state index contributed by atoms with van der Waals surface area (Å²) in [4.78, 5) is 23.3. The van der Waals surface area contributed by atoms with Crippen LogP contribution < -0.4 is 29.0 Å². The van der Waals surface area contributed by atoms with E-state index in [4.69, 9.17) is 23.7 Å². The molecule has 10 nitrogen and oxygen atoms in total. The van der Waals surface area contributed by atoms with Crippen molar-refractivity contribution in [3.8, 4) is 28.7 Å². The van der Waals surface area contributed by atoms with E-state index >= 15 is 0 Å². The standard InChI is InChI=1S/C28H28N2O8/c1-34-24-16-19(11-10-18-14-26(36-3)28(38-5)27(15-18)37-4)21(17-25(24)35-2)29-13-12-23(31)20-8-6-7-9-22(20)30(32)33/h6-17,29H,1-5H3/b11-10-,13-12-. The van der Waals surface area contributed by atoms with Crippen molar-refractivity contribution in [2.75, 3.05) is 40.9 Å². The summed E-state index contributed by atoms with van der Waals surface area (Å²) in [5, 5.41) is 14.3. The first-order valence-corrected chi connectivity index (χ1v) is 11.3. The molecule has 1 N–H and O–H groups in total. The molecule has 0 bridgehead atoms. The van der Waals surface area contributed by atoms with E-state index in [1.54, 1.807) is 44.6 Å². The molecule has 0 heterocycles. The number of anilines is 1. The van der Waals surface area contributed by atoms with Crippen LogP contribution >= 0.6 is 0 Å². The second-order valence-corrected chi connectivity index (χ2v) is 7.70. The summed E-state index contributed by atoms with van der Waals surface area (Å²) >= 11 is 0. The minimum Gasteiger partial charge on any atom is -0.493 e. The first kappa shape index (κ1) is 27.6. The SMILES string of the molecule is COc1cc(/C=C\c2cc(OC)c(OC)c(OC)c2)c(N/C=C\C(=O)c2ccccc2[N+](=O)[O-])cc1OC. The van der Waals surface area contributed by atoms with Crippen LogP contribution in [0.15, 0.2) is 60.8 Å². The Morgan fingerprint density at radius 2 is 1.42 bits per heavy atom. The molecule has 0 saturated heterocycles. The van der Waals surface area contributed by atoms with Gasteiger partial charge in [0.25, 0.3) is 5.69 Å². The monoisotopic (exact) mass is 520 g/mol. The van der Waals surface area contributed by atoms with Gasteiger partial charge in [-0.3, -0.25) is 14.9 Å². The average Bonchev–Trinajstić information content (AvgIpc) is 2.95. The van der Waals surface area contributed by atoms with Gasteiger partial charge < -0.3 is 29.0 Å². The van der Waals surface area contributed by atoms with Gasteiger partial charge in [-0.1, -0.05) is 24.3 Å². The number of allylic oxidation sites excluding steroid dienone is 1. The van der Waals surface area contributed by atoms with Crippen LogP contribution in [-0.4, -0.2) is 46.3 Å². The quantitative estimate of drug-likeness (QED) is 0.107. The molecule has 0 atom stereocenters. The zero-order valence-corrected chi connectivity index (χ0v) is 21.6. The summed E-state index contributed by atoms with van der Waals surface area (Å²) in [6.45, 7) is 0. The van der Waals surface area contributed by atoms with Crippen molar-refractivity contribution in [3.05, 3.63) is 87.6 Å². The molecule has 0 spiro atoms. The fourth-order valence-corrected chi connectivity index (χ4v) is 3.68. The highest BCUT2D eigenvalue weighted by molar-refractivity contribution is 6.07. The molecule has 0 amide bonds. The first-order chi connectivity index (χ1) is 18.4. The molecule has 0 saturated carbocycles. The number of benzene rings is 3. The van der Waals surface area contributed by atoms with Crippen molar-refractivity contribution >= 4 is 29.3 Å². The van der Waals surface area contributed by atoms with Crippen molar-refractivity contribution in [2.24, 2.45) is 0 Å². The molecule has 0 unspecified atom stereocenters. The summed E-state index contributed by atoms with van der Waals surface area (Å²) in [5.74, 6) is 1.96. The molecule has 10 heteroatoms. The molecule has 3 rings (SSSR count). The number of nitrogens with zero attached hydrogens (tertiary/aromatic N) is 1. The van der Waals surface area contributed by atoms with Crippen molar-refractivity contribution < 1.29 is 33.4 Å². The Kier molecular flexibility index (Phi) is 9.31. The Balaban J connectivity index is 1.96. The Morgan fingerprint density at radius 1 is 0.816 bits per heavy atom. The number of nitro groups is 1. The van der Waals surface area contributed by atoms with Crippen molar-refractivity contribution in [1.82, 2.24) is 0 Å². The number of rotatable bonds is 12. The third-order valence-electron chi connectivity index (χ3n) is 5.54. The molecule has 38 heavy (non-hydrogen) atoms. The van der Waals surface area contributed by atoms with Gasteiger partial charge in [-0.2, -0.15) is 0 Å². The molecule has 0 radical (unpaired) electrons. The highest BCUT2D eigenvalue weighted by atomic mass is 16.6. The lowest BCUT2D eigenvalue weighted by Gasteiger charge is -2.14. The van der Waals surface area contributed by atoms with E-state index in [0.717, 1.165) is 5.56 Å². The largest absolute Gasteiger partial charge is 0.493 e. The van der Waals surface area contributed by atoms with Gasteiger partial charge in [0.2, 0.25) is 5.75 Å².